The standard InChI is InChI=1S/C20H21Cl2NO4/c1-4-26-16-8-5-14(6-9-16)20(25)27-13(3)19(24)23-12(2)17-10-7-15(21)11-18(17)22/h5-13H,4H2,1-3H3,(H,23,24)/t12-,13+/m1/s1. The van der Waals surface area contributed by atoms with Gasteiger partial charge in [-0.1, -0.05) is 29.3 Å². The molecule has 0 saturated heterocycles. The first-order chi connectivity index (χ1) is 12.8. The zero-order valence-electron chi connectivity index (χ0n) is 15.3. The summed E-state index contributed by atoms with van der Waals surface area (Å²) in [5.74, 6) is -0.348. The van der Waals surface area contributed by atoms with Crippen LogP contribution >= 0.6 is 23.2 Å². The van der Waals surface area contributed by atoms with E-state index in [-0.39, 0.29) is 6.04 Å². The van der Waals surface area contributed by atoms with E-state index in [0.29, 0.717) is 28.0 Å². The predicted octanol–water partition coefficient (Wildman–Crippen LogP) is 4.81. The van der Waals surface area contributed by atoms with Crippen molar-refractivity contribution in [1.29, 1.82) is 0 Å². The number of halogens is 2. The van der Waals surface area contributed by atoms with Crippen molar-refractivity contribution < 1.29 is 19.1 Å². The van der Waals surface area contributed by atoms with E-state index in [1.54, 1.807) is 49.4 Å². The van der Waals surface area contributed by atoms with Gasteiger partial charge >= 0.3 is 5.97 Å². The van der Waals surface area contributed by atoms with E-state index in [0.717, 1.165) is 5.56 Å². The summed E-state index contributed by atoms with van der Waals surface area (Å²) in [7, 11) is 0. The van der Waals surface area contributed by atoms with Gasteiger partial charge in [0.25, 0.3) is 5.91 Å². The van der Waals surface area contributed by atoms with Crippen LogP contribution in [0.25, 0.3) is 0 Å². The number of ether oxygens (including phenoxy) is 2. The number of esters is 1. The molecule has 1 amide bonds. The summed E-state index contributed by atoms with van der Waals surface area (Å²) < 4.78 is 10.6. The van der Waals surface area contributed by atoms with Crippen LogP contribution in [0.2, 0.25) is 10.0 Å². The molecule has 0 aliphatic carbocycles. The normalized spacial score (nSPS) is 12.8. The van der Waals surface area contributed by atoms with Crippen molar-refractivity contribution in [2.45, 2.75) is 32.9 Å². The summed E-state index contributed by atoms with van der Waals surface area (Å²) in [4.78, 5) is 24.5. The second-order valence-corrected chi connectivity index (χ2v) is 6.74. The van der Waals surface area contributed by atoms with Crippen molar-refractivity contribution >= 4 is 35.1 Å². The highest BCUT2D eigenvalue weighted by Gasteiger charge is 2.21. The van der Waals surface area contributed by atoms with Crippen LogP contribution in [0.1, 0.15) is 42.7 Å². The van der Waals surface area contributed by atoms with E-state index in [2.05, 4.69) is 5.32 Å². The van der Waals surface area contributed by atoms with Crippen LogP contribution in [0.4, 0.5) is 0 Å². The molecular weight excluding hydrogens is 389 g/mol. The number of benzene rings is 2. The Bertz CT molecular complexity index is 808. The minimum atomic E-state index is -0.961. The fraction of sp³-hybridized carbons (Fsp3) is 0.300. The number of hydrogen-bond donors (Lipinski definition) is 1. The minimum absolute atomic E-state index is 0.340. The first-order valence-electron chi connectivity index (χ1n) is 8.51. The lowest BCUT2D eigenvalue weighted by molar-refractivity contribution is -0.129. The van der Waals surface area contributed by atoms with E-state index in [1.165, 1.54) is 6.92 Å². The first kappa shape index (κ1) is 21.1. The second-order valence-electron chi connectivity index (χ2n) is 5.90. The van der Waals surface area contributed by atoms with Gasteiger partial charge in [0.05, 0.1) is 18.2 Å². The maximum Gasteiger partial charge on any atom is 0.338 e. The summed E-state index contributed by atoms with van der Waals surface area (Å²) in [5.41, 5.74) is 1.06. The van der Waals surface area contributed by atoms with Crippen molar-refractivity contribution in [3.63, 3.8) is 0 Å². The Hall–Kier alpha value is -2.24. The first-order valence-corrected chi connectivity index (χ1v) is 9.26. The maximum atomic E-state index is 12.3. The Morgan fingerprint density at radius 3 is 2.33 bits per heavy atom. The Morgan fingerprint density at radius 1 is 1.07 bits per heavy atom. The van der Waals surface area contributed by atoms with Crippen LogP contribution in [-0.2, 0) is 9.53 Å². The minimum Gasteiger partial charge on any atom is -0.494 e. The van der Waals surface area contributed by atoms with Gasteiger partial charge < -0.3 is 14.8 Å². The molecule has 5 nitrogen and oxygen atoms in total. The van der Waals surface area contributed by atoms with Gasteiger partial charge in [-0.15, -0.1) is 0 Å². The van der Waals surface area contributed by atoms with Crippen molar-refractivity contribution in [3.8, 4) is 5.75 Å². The SMILES string of the molecule is CCOc1ccc(C(=O)O[C@@H](C)C(=O)N[C@H](C)c2ccc(Cl)cc2Cl)cc1. The predicted molar refractivity (Wildman–Crippen MR) is 106 cm³/mol. The average molecular weight is 410 g/mol. The fourth-order valence-corrected chi connectivity index (χ4v) is 2.97. The monoisotopic (exact) mass is 409 g/mol. The number of nitrogens with one attached hydrogen (secondary N) is 1. The largest absolute Gasteiger partial charge is 0.494 e. The topological polar surface area (TPSA) is 64.6 Å². The molecule has 2 atom stereocenters. The Balaban J connectivity index is 1.95. The number of rotatable bonds is 7. The summed E-state index contributed by atoms with van der Waals surface area (Å²) >= 11 is 12.0. The molecule has 0 aliphatic rings. The summed E-state index contributed by atoms with van der Waals surface area (Å²) in [6.07, 6.45) is -0.961. The summed E-state index contributed by atoms with van der Waals surface area (Å²) in [5, 5.41) is 3.74. The lowest BCUT2D eigenvalue weighted by atomic mass is 10.1. The van der Waals surface area contributed by atoms with E-state index in [9.17, 15) is 9.59 Å². The Kier molecular flexibility index (Phi) is 7.51. The van der Waals surface area contributed by atoms with Crippen LogP contribution in [0.3, 0.4) is 0 Å². The van der Waals surface area contributed by atoms with Gasteiger partial charge in [0, 0.05) is 10.0 Å². The smallest absolute Gasteiger partial charge is 0.338 e. The van der Waals surface area contributed by atoms with Gasteiger partial charge in [0.15, 0.2) is 6.10 Å². The van der Waals surface area contributed by atoms with E-state index in [1.807, 2.05) is 6.92 Å². The van der Waals surface area contributed by atoms with Gasteiger partial charge in [-0.3, -0.25) is 4.79 Å². The lowest BCUT2D eigenvalue weighted by Crippen LogP contribution is -2.37. The zero-order valence-corrected chi connectivity index (χ0v) is 16.8. The molecule has 0 spiro atoms. The van der Waals surface area contributed by atoms with E-state index < -0.39 is 18.0 Å². The quantitative estimate of drug-likeness (QED) is 0.665. The molecule has 27 heavy (non-hydrogen) atoms. The molecular formula is C20H21Cl2NO4. The van der Waals surface area contributed by atoms with Crippen molar-refractivity contribution in [1.82, 2.24) is 5.32 Å². The summed E-state index contributed by atoms with van der Waals surface area (Å²) in [6.45, 7) is 5.71. The number of carbonyl (C=O) groups excluding carboxylic acids is 2. The number of hydrogen-bond acceptors (Lipinski definition) is 4. The molecule has 0 aromatic heterocycles. The molecule has 0 bridgehead atoms. The molecule has 2 rings (SSSR count). The Morgan fingerprint density at radius 2 is 1.74 bits per heavy atom. The molecule has 2 aromatic rings. The van der Waals surface area contributed by atoms with Crippen LogP contribution < -0.4 is 10.1 Å². The van der Waals surface area contributed by atoms with Crippen LogP contribution in [0.5, 0.6) is 5.75 Å². The highest BCUT2D eigenvalue weighted by atomic mass is 35.5. The van der Waals surface area contributed by atoms with Crippen molar-refractivity contribution in [2.75, 3.05) is 6.61 Å². The van der Waals surface area contributed by atoms with Crippen molar-refractivity contribution in [3.05, 3.63) is 63.6 Å². The number of amides is 1. The van der Waals surface area contributed by atoms with Crippen LogP contribution in [0.15, 0.2) is 42.5 Å². The molecule has 0 unspecified atom stereocenters. The van der Waals surface area contributed by atoms with E-state index in [4.69, 9.17) is 32.7 Å². The number of carbonyl (C=O) groups is 2. The molecule has 2 aromatic carbocycles. The molecule has 0 fully saturated rings. The third kappa shape index (κ3) is 5.88. The second kappa shape index (κ2) is 9.62. The zero-order chi connectivity index (χ0) is 20.0. The van der Waals surface area contributed by atoms with Crippen molar-refractivity contribution in [2.24, 2.45) is 0 Å². The van der Waals surface area contributed by atoms with Gasteiger partial charge in [-0.05, 0) is 62.7 Å². The molecule has 0 heterocycles. The molecule has 0 saturated carbocycles. The molecule has 7 heteroatoms. The van der Waals surface area contributed by atoms with Gasteiger partial charge in [-0.25, -0.2) is 4.79 Å². The highest BCUT2D eigenvalue weighted by Crippen LogP contribution is 2.26. The van der Waals surface area contributed by atoms with Crippen LogP contribution in [0, 0.1) is 0 Å². The molecule has 0 radical (unpaired) electrons. The molecule has 144 valence electrons. The van der Waals surface area contributed by atoms with Gasteiger partial charge in [0.2, 0.25) is 0 Å². The van der Waals surface area contributed by atoms with Crippen LogP contribution in [-0.4, -0.2) is 24.6 Å². The maximum absolute atomic E-state index is 12.3. The molecule has 1 N–H and O–H groups in total. The third-order valence-electron chi connectivity index (χ3n) is 3.84. The third-order valence-corrected chi connectivity index (χ3v) is 4.40. The van der Waals surface area contributed by atoms with Gasteiger partial charge in [-0.2, -0.15) is 0 Å². The summed E-state index contributed by atoms with van der Waals surface area (Å²) in [6, 6.07) is 11.2. The van der Waals surface area contributed by atoms with Gasteiger partial charge in [0.1, 0.15) is 5.75 Å². The fourth-order valence-electron chi connectivity index (χ4n) is 2.40. The highest BCUT2D eigenvalue weighted by molar-refractivity contribution is 6.35. The molecule has 0 aliphatic heterocycles. The Labute approximate surface area is 168 Å². The van der Waals surface area contributed by atoms with E-state index >= 15 is 0 Å². The lowest BCUT2D eigenvalue weighted by Gasteiger charge is -2.19. The average Bonchev–Trinajstić information content (AvgIpc) is 2.62.